The van der Waals surface area contributed by atoms with E-state index in [0.717, 1.165) is 6.92 Å². The van der Waals surface area contributed by atoms with Crippen LogP contribution in [0.2, 0.25) is 0 Å². The van der Waals surface area contributed by atoms with Gasteiger partial charge in [0.05, 0.1) is 6.42 Å². The molecule has 21 heavy (non-hydrogen) atoms. The van der Waals surface area contributed by atoms with Gasteiger partial charge >= 0.3 is 11.9 Å². The minimum absolute atomic E-state index is 0.200. The Kier molecular flexibility index (Phi) is 3.46. The number of carbonyl (C=O) groups is 3. The highest BCUT2D eigenvalue weighted by molar-refractivity contribution is 6.10. The topological polar surface area (TPSA) is 115 Å². The SMILES string of the molecule is CC1(O)CC(=O)N(Cc2ccccc2)C1(C(=O)O)C(=O)O. The monoisotopic (exact) mass is 293 g/mol. The highest BCUT2D eigenvalue weighted by Gasteiger charge is 2.70. The van der Waals surface area contributed by atoms with Gasteiger partial charge in [-0.25, -0.2) is 9.59 Å². The summed E-state index contributed by atoms with van der Waals surface area (Å²) in [5, 5.41) is 29.0. The van der Waals surface area contributed by atoms with Crippen molar-refractivity contribution >= 4 is 17.8 Å². The molecule has 0 spiro atoms. The van der Waals surface area contributed by atoms with E-state index < -0.39 is 35.4 Å². The number of nitrogens with zero attached hydrogens (tertiary/aromatic N) is 1. The minimum Gasteiger partial charge on any atom is -0.479 e. The van der Waals surface area contributed by atoms with Crippen LogP contribution in [0.15, 0.2) is 30.3 Å². The predicted octanol–water partition coefficient (Wildman–Crippen LogP) is 0.0779. The number of aliphatic carboxylic acids is 2. The first-order valence-corrected chi connectivity index (χ1v) is 6.27. The molecule has 0 aromatic heterocycles. The van der Waals surface area contributed by atoms with Gasteiger partial charge in [-0.2, -0.15) is 0 Å². The third kappa shape index (κ3) is 2.06. The number of carboxylic acid groups (broad SMARTS) is 2. The van der Waals surface area contributed by atoms with Gasteiger partial charge in [0.1, 0.15) is 5.60 Å². The number of benzene rings is 1. The zero-order chi connectivity index (χ0) is 15.8. The Morgan fingerprint density at radius 3 is 2.19 bits per heavy atom. The van der Waals surface area contributed by atoms with Crippen LogP contribution in [0.3, 0.4) is 0 Å². The number of hydrogen-bond donors (Lipinski definition) is 3. The van der Waals surface area contributed by atoms with Crippen molar-refractivity contribution in [2.24, 2.45) is 0 Å². The van der Waals surface area contributed by atoms with Crippen molar-refractivity contribution in [3.8, 4) is 0 Å². The molecular formula is C14H15NO6. The van der Waals surface area contributed by atoms with Crippen LogP contribution in [0, 0.1) is 0 Å². The van der Waals surface area contributed by atoms with E-state index in [0.29, 0.717) is 10.5 Å². The summed E-state index contributed by atoms with van der Waals surface area (Å²) < 4.78 is 0. The van der Waals surface area contributed by atoms with E-state index >= 15 is 0 Å². The van der Waals surface area contributed by atoms with Gasteiger partial charge in [0.2, 0.25) is 5.91 Å². The first-order valence-electron chi connectivity index (χ1n) is 6.27. The quantitative estimate of drug-likeness (QED) is 0.677. The van der Waals surface area contributed by atoms with Gasteiger partial charge < -0.3 is 20.2 Å². The number of amides is 1. The van der Waals surface area contributed by atoms with Crippen LogP contribution in [0.1, 0.15) is 18.9 Å². The van der Waals surface area contributed by atoms with Crippen LogP contribution in [-0.4, -0.2) is 49.2 Å². The van der Waals surface area contributed by atoms with E-state index in [1.54, 1.807) is 30.3 Å². The average Bonchev–Trinajstić information content (AvgIpc) is 2.57. The molecule has 2 rings (SSSR count). The molecule has 1 saturated heterocycles. The molecule has 112 valence electrons. The molecule has 1 aliphatic rings. The van der Waals surface area contributed by atoms with E-state index in [9.17, 15) is 29.7 Å². The number of carbonyl (C=O) groups excluding carboxylic acids is 1. The van der Waals surface area contributed by atoms with E-state index in [1.807, 2.05) is 0 Å². The number of hydrogen-bond acceptors (Lipinski definition) is 4. The fourth-order valence-electron chi connectivity index (χ4n) is 2.75. The van der Waals surface area contributed by atoms with Crippen molar-refractivity contribution < 1.29 is 29.7 Å². The maximum absolute atomic E-state index is 12.1. The Morgan fingerprint density at radius 2 is 1.71 bits per heavy atom. The summed E-state index contributed by atoms with van der Waals surface area (Å²) in [4.78, 5) is 36.0. The number of aliphatic hydroxyl groups is 1. The van der Waals surface area contributed by atoms with E-state index in [-0.39, 0.29) is 6.54 Å². The van der Waals surface area contributed by atoms with Gasteiger partial charge in [-0.05, 0) is 12.5 Å². The van der Waals surface area contributed by atoms with Crippen LogP contribution in [-0.2, 0) is 20.9 Å². The summed E-state index contributed by atoms with van der Waals surface area (Å²) in [6, 6.07) is 8.42. The highest BCUT2D eigenvalue weighted by atomic mass is 16.4. The lowest BCUT2D eigenvalue weighted by Gasteiger charge is -2.37. The number of likely N-dealkylation sites (tertiary alicyclic amines) is 1. The summed E-state index contributed by atoms with van der Waals surface area (Å²) in [5.41, 5.74) is -4.31. The summed E-state index contributed by atoms with van der Waals surface area (Å²) in [7, 11) is 0. The molecule has 1 amide bonds. The smallest absolute Gasteiger partial charge is 0.344 e. The Morgan fingerprint density at radius 1 is 1.19 bits per heavy atom. The lowest BCUT2D eigenvalue weighted by Crippen LogP contribution is -2.67. The molecule has 1 aromatic rings. The molecule has 0 saturated carbocycles. The lowest BCUT2D eigenvalue weighted by atomic mass is 9.81. The molecule has 1 heterocycles. The standard InChI is InChI=1S/C14H15NO6/c1-13(21)7-10(16)15(8-9-5-3-2-4-6-9)14(13,11(17)18)12(19)20/h2-6,21H,7-8H2,1H3,(H,17,18)(H,19,20). The second-order valence-electron chi connectivity index (χ2n) is 5.24. The van der Waals surface area contributed by atoms with Gasteiger partial charge in [0, 0.05) is 6.54 Å². The number of rotatable bonds is 4. The van der Waals surface area contributed by atoms with E-state index in [1.165, 1.54) is 0 Å². The molecule has 1 fully saturated rings. The molecule has 0 bridgehead atoms. The predicted molar refractivity (Wildman–Crippen MR) is 70.2 cm³/mol. The zero-order valence-corrected chi connectivity index (χ0v) is 11.3. The molecular weight excluding hydrogens is 278 g/mol. The molecule has 3 N–H and O–H groups in total. The fourth-order valence-corrected chi connectivity index (χ4v) is 2.75. The normalized spacial score (nSPS) is 24.1. The van der Waals surface area contributed by atoms with Crippen molar-refractivity contribution in [2.75, 3.05) is 0 Å². The second kappa shape index (κ2) is 4.85. The second-order valence-corrected chi connectivity index (χ2v) is 5.24. The first kappa shape index (κ1) is 15.0. The minimum atomic E-state index is -2.69. The Balaban J connectivity index is 2.53. The Labute approximate surface area is 120 Å². The summed E-state index contributed by atoms with van der Waals surface area (Å²) in [5.74, 6) is -4.24. The van der Waals surface area contributed by atoms with Crippen molar-refractivity contribution in [3.63, 3.8) is 0 Å². The molecule has 1 aliphatic heterocycles. The third-order valence-corrected chi connectivity index (χ3v) is 3.78. The highest BCUT2D eigenvalue weighted by Crippen LogP contribution is 2.41. The van der Waals surface area contributed by atoms with Gasteiger partial charge in [-0.15, -0.1) is 0 Å². The largest absolute Gasteiger partial charge is 0.479 e. The van der Waals surface area contributed by atoms with Crippen LogP contribution in [0.25, 0.3) is 0 Å². The maximum atomic E-state index is 12.1. The van der Waals surface area contributed by atoms with Crippen LogP contribution in [0.5, 0.6) is 0 Å². The fraction of sp³-hybridized carbons (Fsp3) is 0.357. The average molecular weight is 293 g/mol. The first-order chi connectivity index (χ1) is 9.73. The molecule has 0 aliphatic carbocycles. The van der Waals surface area contributed by atoms with Gasteiger partial charge in [-0.3, -0.25) is 4.79 Å². The molecule has 7 nitrogen and oxygen atoms in total. The molecule has 1 unspecified atom stereocenters. The van der Waals surface area contributed by atoms with E-state index in [4.69, 9.17) is 0 Å². The molecule has 1 atom stereocenters. The van der Waals surface area contributed by atoms with Crippen molar-refractivity contribution in [2.45, 2.75) is 31.0 Å². The van der Waals surface area contributed by atoms with Crippen molar-refractivity contribution in [3.05, 3.63) is 35.9 Å². The van der Waals surface area contributed by atoms with Gasteiger partial charge in [-0.1, -0.05) is 30.3 Å². The van der Waals surface area contributed by atoms with E-state index in [2.05, 4.69) is 0 Å². The summed E-state index contributed by atoms with van der Waals surface area (Å²) >= 11 is 0. The van der Waals surface area contributed by atoms with Crippen molar-refractivity contribution in [1.82, 2.24) is 4.90 Å². The van der Waals surface area contributed by atoms with Crippen LogP contribution < -0.4 is 0 Å². The van der Waals surface area contributed by atoms with Crippen molar-refractivity contribution in [1.29, 1.82) is 0 Å². The number of carboxylic acids is 2. The van der Waals surface area contributed by atoms with Crippen LogP contribution in [0.4, 0.5) is 0 Å². The van der Waals surface area contributed by atoms with Gasteiger partial charge in [0.25, 0.3) is 5.54 Å². The molecule has 1 aromatic carbocycles. The maximum Gasteiger partial charge on any atom is 0.344 e. The molecule has 0 radical (unpaired) electrons. The third-order valence-electron chi connectivity index (χ3n) is 3.78. The summed E-state index contributed by atoms with van der Waals surface area (Å²) in [6.07, 6.45) is -0.557. The molecule has 7 heteroatoms. The lowest BCUT2D eigenvalue weighted by molar-refractivity contribution is -0.181. The Hall–Kier alpha value is -2.41. The van der Waals surface area contributed by atoms with Gasteiger partial charge in [0.15, 0.2) is 0 Å². The van der Waals surface area contributed by atoms with Crippen LogP contribution >= 0.6 is 0 Å². The zero-order valence-electron chi connectivity index (χ0n) is 11.3. The Bertz CT molecular complexity index is 581. The summed E-state index contributed by atoms with van der Waals surface area (Å²) in [6.45, 7) is 0.854.